The lowest BCUT2D eigenvalue weighted by atomic mass is 9.76. The molecule has 8 nitrogen and oxygen atoms in total. The van der Waals surface area contributed by atoms with Crippen molar-refractivity contribution >= 4 is 23.4 Å². The van der Waals surface area contributed by atoms with Gasteiger partial charge in [0.15, 0.2) is 0 Å². The number of aliphatic hydroxyl groups excluding tert-OH is 1. The van der Waals surface area contributed by atoms with Gasteiger partial charge < -0.3 is 15.2 Å². The van der Waals surface area contributed by atoms with E-state index in [1.807, 2.05) is 0 Å². The van der Waals surface area contributed by atoms with Gasteiger partial charge in [0.05, 0.1) is 31.6 Å². The second-order valence-corrected chi connectivity index (χ2v) is 8.48. The number of hydrogen-bond acceptors (Lipinski definition) is 6. The Bertz CT molecular complexity index is 1130. The van der Waals surface area contributed by atoms with E-state index in [9.17, 15) is 23.9 Å². The number of aliphatic hydroxyl groups is 1. The molecule has 3 N–H and O–H groups in total. The number of fused-ring (bicyclic) bond motifs is 4. The highest BCUT2D eigenvalue weighted by Gasteiger charge is 2.71. The molecule has 2 saturated heterocycles. The lowest BCUT2D eigenvalue weighted by Crippen LogP contribution is -2.54. The number of methoxy groups -OCH3 is 1. The Balaban J connectivity index is 1.58. The van der Waals surface area contributed by atoms with Crippen molar-refractivity contribution in [1.82, 2.24) is 10.2 Å². The molecule has 5 rings (SSSR count). The van der Waals surface area contributed by atoms with Gasteiger partial charge in [-0.25, -0.2) is 4.39 Å². The normalized spacial score (nSPS) is 29.3. The molecule has 3 aliphatic heterocycles. The first kappa shape index (κ1) is 20.6. The molecule has 3 amide bonds. The molecule has 166 valence electrons. The Labute approximate surface area is 183 Å². The first-order chi connectivity index (χ1) is 15.3. The molecule has 1 spiro atoms. The minimum atomic E-state index is -1.63. The lowest BCUT2D eigenvalue weighted by molar-refractivity contribution is -0.143. The second kappa shape index (κ2) is 7.11. The van der Waals surface area contributed by atoms with Crippen molar-refractivity contribution in [3.05, 3.63) is 59.4 Å². The fourth-order valence-corrected chi connectivity index (χ4v) is 5.25. The zero-order chi connectivity index (χ0) is 22.8. The lowest BCUT2D eigenvalue weighted by Gasteiger charge is -2.30. The number of carbonyl (C=O) groups is 3. The SMILES string of the molecule is COc1ccc(CN2C(=O)[C@@H]3[C@H]([C@H](C)O)N[C@@]4(C(=O)Nc5ccc(F)cc54)[C@@H]3C2=O)cc1. The van der Waals surface area contributed by atoms with E-state index < -0.39 is 53.1 Å². The van der Waals surface area contributed by atoms with Gasteiger partial charge in [0.25, 0.3) is 0 Å². The number of likely N-dealkylation sites (tertiary alicyclic amines) is 1. The van der Waals surface area contributed by atoms with Crippen LogP contribution in [0.5, 0.6) is 5.75 Å². The molecule has 0 saturated carbocycles. The molecule has 0 aliphatic carbocycles. The van der Waals surface area contributed by atoms with Crippen LogP contribution in [0.15, 0.2) is 42.5 Å². The number of amides is 3. The summed E-state index contributed by atoms with van der Waals surface area (Å²) < 4.78 is 19.3. The van der Waals surface area contributed by atoms with Crippen molar-refractivity contribution in [2.45, 2.75) is 31.2 Å². The van der Waals surface area contributed by atoms with Crippen LogP contribution in [0.4, 0.5) is 10.1 Å². The quantitative estimate of drug-likeness (QED) is 0.617. The summed E-state index contributed by atoms with van der Waals surface area (Å²) in [5.41, 5.74) is -0.272. The second-order valence-electron chi connectivity index (χ2n) is 8.48. The van der Waals surface area contributed by atoms with E-state index in [0.717, 1.165) is 4.90 Å². The van der Waals surface area contributed by atoms with Crippen molar-refractivity contribution in [2.75, 3.05) is 12.4 Å². The largest absolute Gasteiger partial charge is 0.497 e. The monoisotopic (exact) mass is 439 g/mol. The maximum atomic E-state index is 14.1. The minimum absolute atomic E-state index is 0.0227. The maximum absolute atomic E-state index is 14.1. The van der Waals surface area contributed by atoms with Gasteiger partial charge in [-0.15, -0.1) is 0 Å². The molecule has 9 heteroatoms. The van der Waals surface area contributed by atoms with Crippen LogP contribution in [0.2, 0.25) is 0 Å². The molecular formula is C23H22FN3O5. The number of nitrogens with zero attached hydrogens (tertiary/aromatic N) is 1. The summed E-state index contributed by atoms with van der Waals surface area (Å²) in [6.07, 6.45) is -1.02. The molecule has 2 aromatic carbocycles. The third kappa shape index (κ3) is 2.71. The highest BCUT2D eigenvalue weighted by atomic mass is 19.1. The third-order valence-electron chi connectivity index (χ3n) is 6.72. The number of rotatable bonds is 4. The van der Waals surface area contributed by atoms with Crippen LogP contribution in [0.1, 0.15) is 18.1 Å². The van der Waals surface area contributed by atoms with Gasteiger partial charge >= 0.3 is 0 Å². The van der Waals surface area contributed by atoms with Gasteiger partial charge in [0, 0.05) is 17.3 Å². The zero-order valence-corrected chi connectivity index (χ0v) is 17.5. The van der Waals surface area contributed by atoms with Crippen LogP contribution < -0.4 is 15.4 Å². The number of ether oxygens (including phenoxy) is 1. The average Bonchev–Trinajstić information content (AvgIpc) is 3.36. The summed E-state index contributed by atoms with van der Waals surface area (Å²) in [5.74, 6) is -3.52. The number of benzene rings is 2. The Kier molecular flexibility index (Phi) is 4.58. The van der Waals surface area contributed by atoms with E-state index in [-0.39, 0.29) is 12.1 Å². The Morgan fingerprint density at radius 2 is 1.88 bits per heavy atom. The summed E-state index contributed by atoms with van der Waals surface area (Å²) >= 11 is 0. The van der Waals surface area contributed by atoms with Crippen molar-refractivity contribution in [3.8, 4) is 5.75 Å². The van der Waals surface area contributed by atoms with Crippen molar-refractivity contribution in [1.29, 1.82) is 0 Å². The Morgan fingerprint density at radius 3 is 2.53 bits per heavy atom. The van der Waals surface area contributed by atoms with Gasteiger partial charge in [-0.2, -0.15) is 0 Å². The highest BCUT2D eigenvalue weighted by Crippen LogP contribution is 2.53. The number of hydrogen-bond donors (Lipinski definition) is 3. The number of imide groups is 1. The molecule has 3 heterocycles. The fourth-order valence-electron chi connectivity index (χ4n) is 5.25. The summed E-state index contributed by atoms with van der Waals surface area (Å²) in [5, 5.41) is 16.1. The number of carbonyl (C=O) groups excluding carboxylic acids is 3. The Morgan fingerprint density at radius 1 is 1.16 bits per heavy atom. The molecule has 0 aromatic heterocycles. The molecule has 32 heavy (non-hydrogen) atoms. The molecular weight excluding hydrogens is 417 g/mol. The van der Waals surface area contributed by atoms with Gasteiger partial charge in [-0.1, -0.05) is 12.1 Å². The number of anilines is 1. The van der Waals surface area contributed by atoms with Crippen molar-refractivity contribution < 1.29 is 28.6 Å². The topological polar surface area (TPSA) is 108 Å². The van der Waals surface area contributed by atoms with Crippen LogP contribution in [-0.4, -0.2) is 47.0 Å². The van der Waals surface area contributed by atoms with Gasteiger partial charge in [-0.3, -0.25) is 24.6 Å². The Hall–Kier alpha value is -3.30. The maximum Gasteiger partial charge on any atom is 0.250 e. The van der Waals surface area contributed by atoms with Crippen LogP contribution in [0, 0.1) is 17.7 Å². The van der Waals surface area contributed by atoms with E-state index in [2.05, 4.69) is 10.6 Å². The van der Waals surface area contributed by atoms with Gasteiger partial charge in [0.2, 0.25) is 17.7 Å². The summed E-state index contributed by atoms with van der Waals surface area (Å²) in [7, 11) is 1.54. The van der Waals surface area contributed by atoms with Gasteiger partial charge in [0.1, 0.15) is 17.1 Å². The third-order valence-corrected chi connectivity index (χ3v) is 6.72. The standard InChI is InChI=1S/C23H22FN3O5/c1-11(28)19-17-18(23(26-19)15-9-13(24)5-8-16(15)25-22(23)31)21(30)27(20(17)29)10-12-3-6-14(32-2)7-4-12/h3-9,11,17-19,26,28H,10H2,1-2H3,(H,25,31)/t11-,17-,18-,19-,23+/m0/s1. The highest BCUT2D eigenvalue weighted by molar-refractivity contribution is 6.15. The van der Waals surface area contributed by atoms with E-state index in [4.69, 9.17) is 4.74 Å². The first-order valence-electron chi connectivity index (χ1n) is 10.3. The average molecular weight is 439 g/mol. The summed E-state index contributed by atoms with van der Waals surface area (Å²) in [6.45, 7) is 1.52. The van der Waals surface area contributed by atoms with Crippen molar-refractivity contribution in [2.24, 2.45) is 11.8 Å². The molecule has 2 fully saturated rings. The van der Waals surface area contributed by atoms with E-state index in [1.54, 1.807) is 31.4 Å². The zero-order valence-electron chi connectivity index (χ0n) is 17.5. The minimum Gasteiger partial charge on any atom is -0.497 e. The van der Waals surface area contributed by atoms with E-state index in [1.165, 1.54) is 25.1 Å². The molecule has 3 aliphatic rings. The fraction of sp³-hybridized carbons (Fsp3) is 0.348. The number of nitrogens with one attached hydrogen (secondary N) is 2. The smallest absolute Gasteiger partial charge is 0.250 e. The van der Waals surface area contributed by atoms with E-state index in [0.29, 0.717) is 17.0 Å². The van der Waals surface area contributed by atoms with Crippen LogP contribution in [0.3, 0.4) is 0 Å². The van der Waals surface area contributed by atoms with Crippen LogP contribution in [0.25, 0.3) is 0 Å². The number of halogens is 1. The predicted octanol–water partition coefficient (Wildman–Crippen LogP) is 1.14. The first-order valence-corrected chi connectivity index (χ1v) is 10.3. The summed E-state index contributed by atoms with van der Waals surface area (Å²) in [6, 6.07) is 9.96. The van der Waals surface area contributed by atoms with Gasteiger partial charge in [-0.05, 0) is 42.8 Å². The molecule has 0 radical (unpaired) electrons. The molecule has 0 unspecified atom stereocenters. The van der Waals surface area contributed by atoms with Crippen LogP contribution >= 0.6 is 0 Å². The summed E-state index contributed by atoms with van der Waals surface area (Å²) in [4.78, 5) is 41.3. The predicted molar refractivity (Wildman–Crippen MR) is 111 cm³/mol. The molecule has 2 aromatic rings. The molecule has 5 atom stereocenters. The van der Waals surface area contributed by atoms with E-state index >= 15 is 0 Å². The molecule has 0 bridgehead atoms. The van der Waals surface area contributed by atoms with Crippen molar-refractivity contribution in [3.63, 3.8) is 0 Å². The van der Waals surface area contributed by atoms with Crippen LogP contribution in [-0.2, 0) is 26.5 Å².